The summed E-state index contributed by atoms with van der Waals surface area (Å²) in [5.74, 6) is -0.645. The lowest BCUT2D eigenvalue weighted by atomic mass is 9.90. The van der Waals surface area contributed by atoms with Crippen LogP contribution < -0.4 is 11.5 Å². The van der Waals surface area contributed by atoms with Gasteiger partial charge in [-0.05, 0) is 27.7 Å². The maximum absolute atomic E-state index is 11.3. The van der Waals surface area contributed by atoms with Crippen LogP contribution in [0.25, 0.3) is 0 Å². The first kappa shape index (κ1) is 14.7. The predicted octanol–water partition coefficient (Wildman–Crippen LogP) is 0.531. The molecule has 4 N–H and O–H groups in total. The first-order valence-electron chi connectivity index (χ1n) is 4.95. The molecule has 0 rings (SSSR count). The van der Waals surface area contributed by atoms with Crippen molar-refractivity contribution < 1.29 is 19.1 Å². The molecule has 0 heterocycles. The van der Waals surface area contributed by atoms with E-state index in [0.29, 0.717) is 6.42 Å². The molecule has 0 atom stereocenters. The van der Waals surface area contributed by atoms with Crippen LogP contribution in [0.5, 0.6) is 0 Å². The molecule has 16 heavy (non-hydrogen) atoms. The molecule has 1 amide bonds. The molecule has 0 saturated heterocycles. The molecule has 0 unspecified atom stereocenters. The van der Waals surface area contributed by atoms with Crippen molar-refractivity contribution in [1.82, 2.24) is 0 Å². The van der Waals surface area contributed by atoms with E-state index in [0.717, 1.165) is 0 Å². The average molecular weight is 232 g/mol. The number of hydrogen-bond acceptors (Lipinski definition) is 5. The fraction of sp³-hybridized carbons (Fsp3) is 0.800. The van der Waals surface area contributed by atoms with Crippen LogP contribution in [0.15, 0.2) is 0 Å². The summed E-state index contributed by atoms with van der Waals surface area (Å²) in [6, 6.07) is 0. The number of rotatable bonds is 5. The van der Waals surface area contributed by atoms with Crippen LogP contribution in [0.2, 0.25) is 0 Å². The monoisotopic (exact) mass is 232 g/mol. The zero-order valence-corrected chi connectivity index (χ0v) is 10.2. The molecule has 0 aromatic heterocycles. The molecule has 0 bridgehead atoms. The van der Waals surface area contributed by atoms with Crippen molar-refractivity contribution in [2.75, 3.05) is 6.61 Å². The van der Waals surface area contributed by atoms with Crippen LogP contribution in [0.3, 0.4) is 0 Å². The van der Waals surface area contributed by atoms with Gasteiger partial charge in [0.15, 0.2) is 6.61 Å². The molecule has 0 aromatic carbocycles. The number of hydrogen-bond donors (Lipinski definition) is 2. The number of nitrogens with two attached hydrogens (primary N) is 2. The topological polar surface area (TPSA) is 105 Å². The second-order valence-corrected chi connectivity index (χ2v) is 5.01. The molecule has 0 aliphatic rings. The van der Waals surface area contributed by atoms with Gasteiger partial charge in [-0.1, -0.05) is 0 Å². The Morgan fingerprint density at radius 2 is 1.69 bits per heavy atom. The molecule has 6 heteroatoms. The Balaban J connectivity index is 4.15. The number of amides is 1. The number of carbonyl (C=O) groups excluding carboxylic acids is 2. The zero-order chi connectivity index (χ0) is 13.0. The number of ether oxygens (including phenoxy) is 2. The lowest BCUT2D eigenvalue weighted by Gasteiger charge is -2.31. The summed E-state index contributed by atoms with van der Waals surface area (Å²) in [5, 5.41) is 0. The highest BCUT2D eigenvalue weighted by Crippen LogP contribution is 2.21. The van der Waals surface area contributed by atoms with Gasteiger partial charge in [0.2, 0.25) is 0 Å². The van der Waals surface area contributed by atoms with Gasteiger partial charge in [-0.15, -0.1) is 0 Å². The molecule has 0 aromatic rings. The maximum atomic E-state index is 11.3. The van der Waals surface area contributed by atoms with Crippen molar-refractivity contribution in [2.24, 2.45) is 11.5 Å². The fourth-order valence-corrected chi connectivity index (χ4v) is 1.60. The van der Waals surface area contributed by atoms with E-state index in [1.807, 2.05) is 13.8 Å². The van der Waals surface area contributed by atoms with Crippen molar-refractivity contribution >= 4 is 12.1 Å². The first-order chi connectivity index (χ1) is 7.02. The molecule has 0 fully saturated rings. The Labute approximate surface area is 95.3 Å². The predicted molar refractivity (Wildman–Crippen MR) is 58.6 cm³/mol. The molecule has 6 nitrogen and oxygen atoms in total. The summed E-state index contributed by atoms with van der Waals surface area (Å²) in [6.07, 6.45) is -0.517. The maximum Gasteiger partial charge on any atom is 0.405 e. The standard InChI is InChI=1S/C10H20N2O4/c1-9(2,12)6-10(3,4)16-7(13)5-15-8(11)14/h5-6,12H2,1-4H3,(H2,11,14). The van der Waals surface area contributed by atoms with Crippen molar-refractivity contribution in [3.8, 4) is 0 Å². The van der Waals surface area contributed by atoms with Crippen LogP contribution in [0.4, 0.5) is 4.79 Å². The minimum atomic E-state index is -1.01. The summed E-state index contributed by atoms with van der Waals surface area (Å²) in [5.41, 5.74) is 9.38. The Hall–Kier alpha value is -1.30. The van der Waals surface area contributed by atoms with E-state index in [-0.39, 0.29) is 0 Å². The minimum Gasteiger partial charge on any atom is -0.457 e. The Morgan fingerprint density at radius 3 is 2.06 bits per heavy atom. The highest BCUT2D eigenvalue weighted by molar-refractivity contribution is 5.75. The SMILES string of the molecule is CC(C)(N)CC(C)(C)OC(=O)COC(N)=O. The highest BCUT2D eigenvalue weighted by Gasteiger charge is 2.29. The van der Waals surface area contributed by atoms with Gasteiger partial charge in [-0.25, -0.2) is 9.59 Å². The van der Waals surface area contributed by atoms with Crippen molar-refractivity contribution in [1.29, 1.82) is 0 Å². The largest absolute Gasteiger partial charge is 0.457 e. The first-order valence-corrected chi connectivity index (χ1v) is 4.95. The Kier molecular flexibility index (Phi) is 4.74. The molecule has 94 valence electrons. The number of primary amides is 1. The lowest BCUT2D eigenvalue weighted by molar-refractivity contribution is -0.161. The highest BCUT2D eigenvalue weighted by atomic mass is 16.6. The molecular weight excluding hydrogens is 212 g/mol. The average Bonchev–Trinajstić information content (AvgIpc) is 1.94. The van der Waals surface area contributed by atoms with Gasteiger partial charge in [0.1, 0.15) is 5.60 Å². The quantitative estimate of drug-likeness (QED) is 0.673. The van der Waals surface area contributed by atoms with Gasteiger partial charge < -0.3 is 20.9 Å². The molecule has 0 spiro atoms. The van der Waals surface area contributed by atoms with Gasteiger partial charge in [0.05, 0.1) is 0 Å². The fourth-order valence-electron chi connectivity index (χ4n) is 1.60. The van der Waals surface area contributed by atoms with Crippen molar-refractivity contribution in [2.45, 2.75) is 45.3 Å². The lowest BCUT2D eigenvalue weighted by Crippen LogP contribution is -2.43. The van der Waals surface area contributed by atoms with Crippen LogP contribution >= 0.6 is 0 Å². The third kappa shape index (κ3) is 8.05. The molecule has 0 radical (unpaired) electrons. The third-order valence-electron chi connectivity index (χ3n) is 1.60. The van der Waals surface area contributed by atoms with Gasteiger partial charge in [-0.3, -0.25) is 0 Å². The van der Waals surface area contributed by atoms with E-state index >= 15 is 0 Å². The number of carbonyl (C=O) groups is 2. The smallest absolute Gasteiger partial charge is 0.405 e. The molecular formula is C10H20N2O4. The molecule has 0 aliphatic heterocycles. The summed E-state index contributed by atoms with van der Waals surface area (Å²) < 4.78 is 9.43. The van der Waals surface area contributed by atoms with E-state index in [4.69, 9.17) is 16.2 Å². The Bertz CT molecular complexity index is 268. The molecule has 0 saturated carbocycles. The van der Waals surface area contributed by atoms with E-state index in [1.165, 1.54) is 0 Å². The van der Waals surface area contributed by atoms with E-state index < -0.39 is 29.8 Å². The normalized spacial score (nSPS) is 12.1. The van der Waals surface area contributed by atoms with Crippen molar-refractivity contribution in [3.05, 3.63) is 0 Å². The summed E-state index contributed by atoms with van der Waals surface area (Å²) >= 11 is 0. The molecule has 0 aliphatic carbocycles. The second kappa shape index (κ2) is 5.16. The van der Waals surface area contributed by atoms with Crippen molar-refractivity contribution in [3.63, 3.8) is 0 Å². The third-order valence-corrected chi connectivity index (χ3v) is 1.60. The second-order valence-electron chi connectivity index (χ2n) is 5.01. The summed E-state index contributed by atoms with van der Waals surface area (Å²) in [7, 11) is 0. The summed E-state index contributed by atoms with van der Waals surface area (Å²) in [6.45, 7) is 6.67. The van der Waals surface area contributed by atoms with Gasteiger partial charge in [0.25, 0.3) is 0 Å². The van der Waals surface area contributed by atoms with Crippen LogP contribution in [-0.4, -0.2) is 29.8 Å². The Morgan fingerprint density at radius 1 is 1.19 bits per heavy atom. The minimum absolute atomic E-state index is 0.450. The van der Waals surface area contributed by atoms with Crippen LogP contribution in [-0.2, 0) is 14.3 Å². The van der Waals surface area contributed by atoms with E-state index in [9.17, 15) is 9.59 Å². The van der Waals surface area contributed by atoms with E-state index in [1.54, 1.807) is 13.8 Å². The van der Waals surface area contributed by atoms with Gasteiger partial charge >= 0.3 is 12.1 Å². The van der Waals surface area contributed by atoms with Crippen LogP contribution in [0, 0.1) is 0 Å². The van der Waals surface area contributed by atoms with Crippen LogP contribution in [0.1, 0.15) is 34.1 Å². The zero-order valence-electron chi connectivity index (χ0n) is 10.2. The van der Waals surface area contributed by atoms with Gasteiger partial charge in [-0.2, -0.15) is 0 Å². The van der Waals surface area contributed by atoms with Gasteiger partial charge in [0, 0.05) is 12.0 Å². The van der Waals surface area contributed by atoms with E-state index in [2.05, 4.69) is 4.74 Å². The number of esters is 1. The summed E-state index contributed by atoms with van der Waals surface area (Å²) in [4.78, 5) is 21.5.